The molecular weight excluding hydrogens is 576 g/mol. The van der Waals surface area contributed by atoms with Gasteiger partial charge in [-0.3, -0.25) is 29.0 Å². The molecule has 7 rings (SSSR count). The standard InChI is InChI=1S/C35H24N2O8/c1-44-33(43)35-30(27(39)21-13-5-2-6-14-21)34(32(42)36(35)23-17-9-4-10-18-23)26(29(45-35)22-15-7-3-8-16-22)28(40)31(41)37(34)24-19-11-12-20-25(24)38/h2-20,30,38H,1H3/t30-,34?,35+/m0/s1. The molecule has 4 aromatic carbocycles. The third kappa shape index (κ3) is 3.53. The van der Waals surface area contributed by atoms with Crippen LogP contribution in [-0.4, -0.2) is 52.8 Å². The lowest BCUT2D eigenvalue weighted by atomic mass is 9.69. The number of para-hydroxylation sites is 3. The maximum absolute atomic E-state index is 15.3. The molecule has 1 spiro atoms. The number of phenols is 1. The molecule has 0 aliphatic carbocycles. The lowest BCUT2D eigenvalue weighted by molar-refractivity contribution is -0.165. The molecule has 0 saturated carbocycles. The number of hydrogen-bond acceptors (Lipinski definition) is 8. The number of anilines is 2. The van der Waals surface area contributed by atoms with Gasteiger partial charge in [0.1, 0.15) is 17.4 Å². The monoisotopic (exact) mass is 600 g/mol. The van der Waals surface area contributed by atoms with E-state index in [-0.39, 0.29) is 28.3 Å². The predicted molar refractivity (Wildman–Crippen MR) is 161 cm³/mol. The fourth-order valence-electron chi connectivity index (χ4n) is 6.74. The van der Waals surface area contributed by atoms with Gasteiger partial charge in [0.25, 0.3) is 11.7 Å². The number of nitrogens with zero attached hydrogens (tertiary/aromatic N) is 2. The van der Waals surface area contributed by atoms with Crippen molar-refractivity contribution in [1.29, 1.82) is 0 Å². The number of aromatic hydroxyl groups is 1. The summed E-state index contributed by atoms with van der Waals surface area (Å²) in [6, 6.07) is 29.8. The third-order valence-electron chi connectivity index (χ3n) is 8.48. The Morgan fingerprint density at radius 1 is 0.778 bits per heavy atom. The Labute approximate surface area is 256 Å². The second-order valence-corrected chi connectivity index (χ2v) is 10.7. The van der Waals surface area contributed by atoms with Crippen LogP contribution in [0.2, 0.25) is 0 Å². The van der Waals surface area contributed by atoms with Crippen LogP contribution in [-0.2, 0) is 28.7 Å². The lowest BCUT2D eigenvalue weighted by Gasteiger charge is -2.45. The molecule has 1 N–H and O–H groups in total. The van der Waals surface area contributed by atoms with Crippen molar-refractivity contribution in [3.05, 3.63) is 132 Å². The van der Waals surface area contributed by atoms with Crippen molar-refractivity contribution < 1.29 is 38.6 Å². The van der Waals surface area contributed by atoms with Gasteiger partial charge in [-0.05, 0) is 24.3 Å². The number of carbonyl (C=O) groups is 5. The summed E-state index contributed by atoms with van der Waals surface area (Å²) in [4.78, 5) is 74.8. The number of methoxy groups -OCH3 is 1. The fourth-order valence-corrected chi connectivity index (χ4v) is 6.74. The number of ketones is 2. The third-order valence-corrected chi connectivity index (χ3v) is 8.48. The SMILES string of the molecule is COC(=O)[C@@]12OC(c3ccccc3)=C3C(=O)C(=O)N(c4ccccc4O)C3(C(=O)N1c1ccccc1)[C@@H]2C(=O)c1ccccc1. The molecule has 2 saturated heterocycles. The Morgan fingerprint density at radius 3 is 1.98 bits per heavy atom. The van der Waals surface area contributed by atoms with Crippen LogP contribution in [0.1, 0.15) is 15.9 Å². The fraction of sp³-hybridized carbons (Fsp3) is 0.114. The van der Waals surface area contributed by atoms with E-state index in [1.54, 1.807) is 66.7 Å². The summed E-state index contributed by atoms with van der Waals surface area (Å²) in [6.45, 7) is 0. The van der Waals surface area contributed by atoms with Crippen LogP contribution >= 0.6 is 0 Å². The van der Waals surface area contributed by atoms with E-state index in [0.29, 0.717) is 0 Å². The average Bonchev–Trinajstić information content (AvgIpc) is 3.40. The summed E-state index contributed by atoms with van der Waals surface area (Å²) in [7, 11) is 1.09. The van der Waals surface area contributed by atoms with Crippen molar-refractivity contribution in [3.8, 4) is 5.75 Å². The van der Waals surface area contributed by atoms with Gasteiger partial charge in [-0.1, -0.05) is 91.0 Å². The van der Waals surface area contributed by atoms with Gasteiger partial charge in [-0.25, -0.2) is 4.79 Å². The van der Waals surface area contributed by atoms with Crippen molar-refractivity contribution >= 4 is 46.5 Å². The molecule has 2 fully saturated rings. The number of ether oxygens (including phenoxy) is 2. The Kier molecular flexibility index (Phi) is 6.19. The van der Waals surface area contributed by atoms with Crippen LogP contribution in [0.4, 0.5) is 11.4 Å². The Bertz CT molecular complexity index is 1940. The van der Waals surface area contributed by atoms with Crippen molar-refractivity contribution in [1.82, 2.24) is 0 Å². The van der Waals surface area contributed by atoms with Gasteiger partial charge in [0.15, 0.2) is 11.3 Å². The first-order valence-electron chi connectivity index (χ1n) is 14.0. The minimum absolute atomic E-state index is 0.0907. The minimum Gasteiger partial charge on any atom is -0.506 e. The van der Waals surface area contributed by atoms with E-state index >= 15 is 4.79 Å². The minimum atomic E-state index is -2.54. The summed E-state index contributed by atoms with van der Waals surface area (Å²) in [5.41, 5.74) is -5.12. The number of rotatable bonds is 6. The van der Waals surface area contributed by atoms with E-state index in [2.05, 4.69) is 0 Å². The molecule has 0 radical (unpaired) electrons. The molecule has 0 aromatic heterocycles. The van der Waals surface area contributed by atoms with E-state index in [4.69, 9.17) is 9.47 Å². The van der Waals surface area contributed by atoms with Crippen LogP contribution < -0.4 is 9.80 Å². The van der Waals surface area contributed by atoms with Crippen molar-refractivity contribution in [3.63, 3.8) is 0 Å². The highest BCUT2D eigenvalue weighted by Crippen LogP contribution is 2.62. The Balaban J connectivity index is 1.69. The number of fused-ring (bicyclic) bond motifs is 1. The zero-order chi connectivity index (χ0) is 31.5. The molecule has 1 unspecified atom stereocenters. The molecule has 3 atom stereocenters. The highest BCUT2D eigenvalue weighted by molar-refractivity contribution is 6.56. The smallest absolute Gasteiger partial charge is 0.373 e. The highest BCUT2D eigenvalue weighted by atomic mass is 16.6. The van der Waals surface area contributed by atoms with Crippen LogP contribution in [0.5, 0.6) is 5.75 Å². The van der Waals surface area contributed by atoms with Crippen LogP contribution in [0.3, 0.4) is 0 Å². The summed E-state index contributed by atoms with van der Waals surface area (Å²) in [5, 5.41) is 11.0. The lowest BCUT2D eigenvalue weighted by Crippen LogP contribution is -2.65. The summed E-state index contributed by atoms with van der Waals surface area (Å²) < 4.78 is 11.9. The largest absolute Gasteiger partial charge is 0.506 e. The van der Waals surface area contributed by atoms with Gasteiger partial charge in [-0.2, -0.15) is 0 Å². The first-order valence-corrected chi connectivity index (χ1v) is 14.0. The number of hydrogen-bond donors (Lipinski definition) is 1. The van der Waals surface area contributed by atoms with Gasteiger partial charge in [-0.15, -0.1) is 0 Å². The second kappa shape index (κ2) is 10.0. The maximum Gasteiger partial charge on any atom is 0.373 e. The number of phenolic OH excluding ortho intramolecular Hbond substituents is 1. The van der Waals surface area contributed by atoms with Gasteiger partial charge in [0.05, 0.1) is 18.4 Å². The number of amides is 2. The van der Waals surface area contributed by atoms with E-state index in [0.717, 1.165) is 16.9 Å². The van der Waals surface area contributed by atoms with Crippen molar-refractivity contribution in [2.24, 2.45) is 5.92 Å². The first kappa shape index (κ1) is 27.8. The quantitative estimate of drug-likeness (QED) is 0.200. The highest BCUT2D eigenvalue weighted by Gasteiger charge is 2.85. The molecule has 45 heavy (non-hydrogen) atoms. The zero-order valence-electron chi connectivity index (χ0n) is 23.7. The molecule has 4 aromatic rings. The van der Waals surface area contributed by atoms with Crippen molar-refractivity contribution in [2.45, 2.75) is 11.3 Å². The molecule has 2 bridgehead atoms. The van der Waals surface area contributed by atoms with Gasteiger partial charge in [0, 0.05) is 16.8 Å². The topological polar surface area (TPSA) is 131 Å². The van der Waals surface area contributed by atoms with Crippen LogP contribution in [0.25, 0.3) is 5.76 Å². The summed E-state index contributed by atoms with van der Waals surface area (Å²) >= 11 is 0. The number of Topliss-reactive ketones (excluding diaryl/α,β-unsaturated/α-hetero) is 2. The van der Waals surface area contributed by atoms with Gasteiger partial charge in [0.2, 0.25) is 0 Å². The van der Waals surface area contributed by atoms with E-state index in [1.807, 2.05) is 0 Å². The van der Waals surface area contributed by atoms with Gasteiger partial charge < -0.3 is 14.6 Å². The molecule has 222 valence electrons. The summed E-state index contributed by atoms with van der Waals surface area (Å²) in [5.74, 6) is -7.67. The van der Waals surface area contributed by atoms with Crippen molar-refractivity contribution in [2.75, 3.05) is 16.9 Å². The van der Waals surface area contributed by atoms with E-state index in [9.17, 15) is 24.3 Å². The molecule has 10 nitrogen and oxygen atoms in total. The molecule has 3 aliphatic heterocycles. The molecule has 3 heterocycles. The summed E-state index contributed by atoms with van der Waals surface area (Å²) in [6.07, 6.45) is 0. The van der Waals surface area contributed by atoms with E-state index in [1.165, 1.54) is 48.5 Å². The Hall–Kier alpha value is -6.03. The van der Waals surface area contributed by atoms with E-state index < -0.39 is 57.9 Å². The maximum atomic E-state index is 15.3. The zero-order valence-corrected chi connectivity index (χ0v) is 23.7. The van der Waals surface area contributed by atoms with Crippen LogP contribution in [0, 0.1) is 5.92 Å². The number of carbonyl (C=O) groups excluding carboxylic acids is 5. The first-order chi connectivity index (χ1) is 21.8. The number of benzene rings is 4. The molecule has 3 aliphatic rings. The number of esters is 1. The predicted octanol–water partition coefficient (Wildman–Crippen LogP) is 3.90. The second-order valence-electron chi connectivity index (χ2n) is 10.7. The van der Waals surface area contributed by atoms with Crippen LogP contribution in [0.15, 0.2) is 121 Å². The average molecular weight is 601 g/mol. The van der Waals surface area contributed by atoms with Gasteiger partial charge >= 0.3 is 17.6 Å². The normalized spacial score (nSPS) is 23.6. The molecule has 2 amide bonds. The Morgan fingerprint density at radius 2 is 1.36 bits per heavy atom. The molecule has 10 heteroatoms. The molecular formula is C35H24N2O8.